The maximum Gasteiger partial charge on any atom is 0.227 e. The fraction of sp³-hybridized carbons (Fsp3) is 0. The number of nitrogens with zero attached hydrogens (tertiary/aromatic N) is 2. The highest BCUT2D eigenvalue weighted by atomic mass is 16.3. The molecule has 0 spiro atoms. The first-order chi connectivity index (χ1) is 24.8. The molecular formula is C47H32N2O. The number of anilines is 3. The summed E-state index contributed by atoms with van der Waals surface area (Å²) in [6, 6.07) is 68.2. The van der Waals surface area contributed by atoms with Crippen molar-refractivity contribution in [1.29, 1.82) is 0 Å². The third-order valence-electron chi connectivity index (χ3n) is 9.30. The van der Waals surface area contributed by atoms with Crippen LogP contribution in [0.4, 0.5) is 17.1 Å². The van der Waals surface area contributed by atoms with Gasteiger partial charge in [0.15, 0.2) is 5.58 Å². The van der Waals surface area contributed by atoms with Crippen molar-refractivity contribution >= 4 is 38.9 Å². The highest BCUT2D eigenvalue weighted by Gasteiger charge is 2.17. The number of oxazole rings is 1. The lowest BCUT2D eigenvalue weighted by Gasteiger charge is -2.26. The Labute approximate surface area is 291 Å². The predicted molar refractivity (Wildman–Crippen MR) is 208 cm³/mol. The molecule has 0 atom stereocenters. The van der Waals surface area contributed by atoms with Crippen LogP contribution >= 0.6 is 0 Å². The van der Waals surface area contributed by atoms with Crippen molar-refractivity contribution in [2.45, 2.75) is 0 Å². The van der Waals surface area contributed by atoms with Crippen LogP contribution in [0.3, 0.4) is 0 Å². The summed E-state index contributed by atoms with van der Waals surface area (Å²) in [5.41, 5.74) is 12.8. The number of benzene rings is 8. The Hall–Kier alpha value is -6.71. The molecule has 0 saturated carbocycles. The van der Waals surface area contributed by atoms with Gasteiger partial charge in [-0.3, -0.25) is 0 Å². The topological polar surface area (TPSA) is 29.3 Å². The number of aromatic nitrogens is 1. The Morgan fingerprint density at radius 2 is 0.920 bits per heavy atom. The minimum Gasteiger partial charge on any atom is -0.435 e. The van der Waals surface area contributed by atoms with E-state index in [-0.39, 0.29) is 0 Å². The maximum atomic E-state index is 6.48. The SMILES string of the molecule is c1ccc(-c2ccc(N(c3ccc(-c4cccc5ccc6nc(-c7ccccc7)oc6c45)cc3)c3cccc(-c4ccccc4)c3)cc2)cc1. The third-order valence-corrected chi connectivity index (χ3v) is 9.30. The molecule has 0 N–H and O–H groups in total. The molecule has 8 aromatic carbocycles. The minimum atomic E-state index is 0.630. The third kappa shape index (κ3) is 5.51. The van der Waals surface area contributed by atoms with Gasteiger partial charge in [-0.05, 0) is 93.4 Å². The smallest absolute Gasteiger partial charge is 0.227 e. The van der Waals surface area contributed by atoms with Crippen molar-refractivity contribution in [3.05, 3.63) is 194 Å². The lowest BCUT2D eigenvalue weighted by Crippen LogP contribution is -2.10. The van der Waals surface area contributed by atoms with Crippen molar-refractivity contribution in [2.75, 3.05) is 4.90 Å². The number of fused-ring (bicyclic) bond motifs is 3. The van der Waals surface area contributed by atoms with Crippen LogP contribution in [-0.4, -0.2) is 4.98 Å². The number of rotatable bonds is 7. The summed E-state index contributed by atoms with van der Waals surface area (Å²) < 4.78 is 6.48. The average molecular weight is 641 g/mol. The van der Waals surface area contributed by atoms with Gasteiger partial charge in [0.1, 0.15) is 5.52 Å². The monoisotopic (exact) mass is 640 g/mol. The van der Waals surface area contributed by atoms with Gasteiger partial charge < -0.3 is 9.32 Å². The van der Waals surface area contributed by atoms with Crippen LogP contribution in [0.2, 0.25) is 0 Å². The van der Waals surface area contributed by atoms with Crippen molar-refractivity contribution in [2.24, 2.45) is 0 Å². The molecule has 0 bridgehead atoms. The molecule has 0 aliphatic rings. The van der Waals surface area contributed by atoms with E-state index in [1.807, 2.05) is 36.4 Å². The van der Waals surface area contributed by atoms with Crippen molar-refractivity contribution in [1.82, 2.24) is 4.98 Å². The van der Waals surface area contributed by atoms with Gasteiger partial charge in [0.25, 0.3) is 0 Å². The van der Waals surface area contributed by atoms with Gasteiger partial charge in [0.05, 0.1) is 0 Å². The summed E-state index contributed by atoms with van der Waals surface area (Å²) in [6.45, 7) is 0. The van der Waals surface area contributed by atoms with E-state index in [1.165, 1.54) is 22.3 Å². The fourth-order valence-corrected chi connectivity index (χ4v) is 6.83. The zero-order chi connectivity index (χ0) is 33.3. The van der Waals surface area contributed by atoms with Gasteiger partial charge in [-0.1, -0.05) is 140 Å². The first-order valence-electron chi connectivity index (χ1n) is 16.9. The molecule has 236 valence electrons. The highest BCUT2D eigenvalue weighted by Crippen LogP contribution is 2.40. The van der Waals surface area contributed by atoms with E-state index in [2.05, 4.69) is 163 Å². The van der Waals surface area contributed by atoms with E-state index in [0.29, 0.717) is 5.89 Å². The zero-order valence-electron chi connectivity index (χ0n) is 27.3. The van der Waals surface area contributed by atoms with E-state index in [9.17, 15) is 0 Å². The summed E-state index contributed by atoms with van der Waals surface area (Å²) >= 11 is 0. The maximum absolute atomic E-state index is 6.48. The molecule has 1 heterocycles. The standard InChI is InChI=1S/C47H32N2O/c1-4-12-33(13-5-1)35-22-27-40(28-23-35)49(42-20-10-19-39(32-42)34-14-6-2-7-15-34)41-29-24-36(25-30-41)43-21-11-18-37-26-31-44-46(45(37)43)50-47(48-44)38-16-8-3-9-17-38/h1-32H. The van der Waals surface area contributed by atoms with Crippen LogP contribution < -0.4 is 4.90 Å². The lowest BCUT2D eigenvalue weighted by atomic mass is 9.97. The molecular weight excluding hydrogens is 609 g/mol. The van der Waals surface area contributed by atoms with Gasteiger partial charge in [0, 0.05) is 28.0 Å². The molecule has 3 nitrogen and oxygen atoms in total. The van der Waals surface area contributed by atoms with Crippen LogP contribution in [0.25, 0.3) is 66.7 Å². The second-order valence-electron chi connectivity index (χ2n) is 12.4. The molecule has 0 aliphatic heterocycles. The van der Waals surface area contributed by atoms with E-state index in [4.69, 9.17) is 9.40 Å². The van der Waals surface area contributed by atoms with Crippen LogP contribution in [0.15, 0.2) is 199 Å². The second-order valence-corrected chi connectivity index (χ2v) is 12.4. The minimum absolute atomic E-state index is 0.630. The molecule has 0 radical (unpaired) electrons. The van der Waals surface area contributed by atoms with E-state index in [1.54, 1.807) is 0 Å². The molecule has 1 aromatic heterocycles. The molecule has 9 aromatic rings. The molecule has 0 amide bonds. The summed E-state index contributed by atoms with van der Waals surface area (Å²) in [7, 11) is 0. The Kier molecular flexibility index (Phi) is 7.49. The quantitative estimate of drug-likeness (QED) is 0.174. The van der Waals surface area contributed by atoms with Crippen molar-refractivity contribution < 1.29 is 4.42 Å². The number of hydrogen-bond donors (Lipinski definition) is 0. The molecule has 0 aliphatic carbocycles. The van der Waals surface area contributed by atoms with Crippen LogP contribution in [0.1, 0.15) is 0 Å². The van der Waals surface area contributed by atoms with Gasteiger partial charge >= 0.3 is 0 Å². The Morgan fingerprint density at radius 1 is 0.380 bits per heavy atom. The molecule has 3 heteroatoms. The lowest BCUT2D eigenvalue weighted by molar-refractivity contribution is 0.623. The Morgan fingerprint density at radius 3 is 1.58 bits per heavy atom. The molecule has 0 saturated heterocycles. The normalized spacial score (nSPS) is 11.2. The summed E-state index contributed by atoms with van der Waals surface area (Å²) in [5, 5.41) is 2.18. The van der Waals surface area contributed by atoms with E-state index >= 15 is 0 Å². The molecule has 0 unspecified atom stereocenters. The largest absolute Gasteiger partial charge is 0.435 e. The first kappa shape index (κ1) is 29.4. The predicted octanol–water partition coefficient (Wildman–Crippen LogP) is 13.1. The fourth-order valence-electron chi connectivity index (χ4n) is 6.83. The van der Waals surface area contributed by atoms with Crippen LogP contribution in [0.5, 0.6) is 0 Å². The second kappa shape index (κ2) is 12.7. The van der Waals surface area contributed by atoms with Gasteiger partial charge in [-0.2, -0.15) is 0 Å². The summed E-state index contributed by atoms with van der Waals surface area (Å²) in [5.74, 6) is 0.630. The van der Waals surface area contributed by atoms with Gasteiger partial charge in [-0.25, -0.2) is 4.98 Å². The molecule has 50 heavy (non-hydrogen) atoms. The van der Waals surface area contributed by atoms with E-state index < -0.39 is 0 Å². The number of hydrogen-bond acceptors (Lipinski definition) is 3. The molecule has 9 rings (SSSR count). The Balaban J connectivity index is 1.14. The summed E-state index contributed by atoms with van der Waals surface area (Å²) in [4.78, 5) is 7.18. The van der Waals surface area contributed by atoms with Crippen molar-refractivity contribution in [3.63, 3.8) is 0 Å². The average Bonchev–Trinajstić information content (AvgIpc) is 3.65. The Bertz CT molecular complexity index is 2560. The van der Waals surface area contributed by atoms with Crippen LogP contribution in [0, 0.1) is 0 Å². The van der Waals surface area contributed by atoms with Gasteiger partial charge in [-0.15, -0.1) is 0 Å². The van der Waals surface area contributed by atoms with Crippen LogP contribution in [-0.2, 0) is 0 Å². The van der Waals surface area contributed by atoms with E-state index in [0.717, 1.165) is 55.6 Å². The molecule has 0 fully saturated rings. The van der Waals surface area contributed by atoms with Crippen molar-refractivity contribution in [3.8, 4) is 44.8 Å². The highest BCUT2D eigenvalue weighted by molar-refractivity contribution is 6.11. The van der Waals surface area contributed by atoms with Gasteiger partial charge in [0.2, 0.25) is 5.89 Å². The summed E-state index contributed by atoms with van der Waals surface area (Å²) in [6.07, 6.45) is 0. The zero-order valence-corrected chi connectivity index (χ0v) is 27.3. The first-order valence-corrected chi connectivity index (χ1v) is 16.9.